The highest BCUT2D eigenvalue weighted by Crippen LogP contribution is 2.27. The number of nitrogens with one attached hydrogen (secondary N) is 1. The van der Waals surface area contributed by atoms with Crippen molar-refractivity contribution in [3.05, 3.63) is 59.7 Å². The van der Waals surface area contributed by atoms with E-state index in [1.165, 1.54) is 0 Å². The van der Waals surface area contributed by atoms with Gasteiger partial charge in [-0.1, -0.05) is 24.3 Å². The molecule has 6 nitrogen and oxygen atoms in total. The molecule has 0 spiro atoms. The number of amides is 1. The molecule has 2 aromatic carbocycles. The standard InChI is InChI=1S/C17H15N5O/c18-13-7-3-1-5-11(13)16(23)21-17-20-14-8-4-2-6-12(14)15-19-9-10-22(15)17/h1-8H,9-10,18H2,(H,20,21,23). The highest BCUT2D eigenvalue weighted by molar-refractivity contribution is 6.19. The van der Waals surface area contributed by atoms with Crippen LogP contribution in [0, 0.1) is 0 Å². The van der Waals surface area contributed by atoms with Crippen molar-refractivity contribution >= 4 is 29.1 Å². The van der Waals surface area contributed by atoms with Crippen LogP contribution in [0.3, 0.4) is 0 Å². The third-order valence-corrected chi connectivity index (χ3v) is 3.90. The van der Waals surface area contributed by atoms with Crippen LogP contribution >= 0.6 is 0 Å². The lowest BCUT2D eigenvalue weighted by Crippen LogP contribution is -2.47. The number of rotatable bonds is 1. The molecule has 2 aliphatic rings. The van der Waals surface area contributed by atoms with Gasteiger partial charge in [-0.25, -0.2) is 4.99 Å². The Morgan fingerprint density at radius 3 is 2.78 bits per heavy atom. The minimum absolute atomic E-state index is 0.271. The largest absolute Gasteiger partial charge is 0.398 e. The van der Waals surface area contributed by atoms with E-state index in [-0.39, 0.29) is 5.91 Å². The van der Waals surface area contributed by atoms with Crippen molar-refractivity contribution in [2.75, 3.05) is 18.8 Å². The SMILES string of the molecule is Nc1ccccc1C(=O)NC1=Nc2ccccc2C2=NCCN12. The van der Waals surface area contributed by atoms with Gasteiger partial charge in [0.1, 0.15) is 5.84 Å². The molecule has 2 aliphatic heterocycles. The van der Waals surface area contributed by atoms with Gasteiger partial charge in [-0.3, -0.25) is 20.0 Å². The number of nitrogens with zero attached hydrogens (tertiary/aromatic N) is 3. The van der Waals surface area contributed by atoms with Crippen molar-refractivity contribution in [2.45, 2.75) is 0 Å². The van der Waals surface area contributed by atoms with E-state index in [1.807, 2.05) is 29.2 Å². The van der Waals surface area contributed by atoms with E-state index < -0.39 is 0 Å². The van der Waals surface area contributed by atoms with Crippen molar-refractivity contribution < 1.29 is 4.79 Å². The normalized spacial score (nSPS) is 15.4. The molecule has 4 rings (SSSR count). The molecule has 0 saturated heterocycles. The molecule has 23 heavy (non-hydrogen) atoms. The number of carbonyl (C=O) groups excluding carboxylic acids is 1. The third-order valence-electron chi connectivity index (χ3n) is 3.90. The fraction of sp³-hybridized carbons (Fsp3) is 0.118. The Balaban J connectivity index is 1.70. The first-order valence-electron chi connectivity index (χ1n) is 7.40. The summed E-state index contributed by atoms with van der Waals surface area (Å²) in [4.78, 5) is 23.5. The highest BCUT2D eigenvalue weighted by Gasteiger charge is 2.30. The summed E-state index contributed by atoms with van der Waals surface area (Å²) < 4.78 is 0. The maximum Gasteiger partial charge on any atom is 0.260 e. The van der Waals surface area contributed by atoms with E-state index in [0.717, 1.165) is 17.1 Å². The van der Waals surface area contributed by atoms with Gasteiger partial charge in [0.15, 0.2) is 0 Å². The molecule has 0 fully saturated rings. The Morgan fingerprint density at radius 1 is 1.13 bits per heavy atom. The predicted octanol–water partition coefficient (Wildman–Crippen LogP) is 1.76. The number of carbonyl (C=O) groups is 1. The minimum atomic E-state index is -0.271. The molecular formula is C17H15N5O. The summed E-state index contributed by atoms with van der Waals surface area (Å²) in [7, 11) is 0. The summed E-state index contributed by atoms with van der Waals surface area (Å²) >= 11 is 0. The smallest absolute Gasteiger partial charge is 0.260 e. The van der Waals surface area contributed by atoms with Crippen LogP contribution in [0.25, 0.3) is 0 Å². The van der Waals surface area contributed by atoms with Gasteiger partial charge in [0.2, 0.25) is 5.96 Å². The predicted molar refractivity (Wildman–Crippen MR) is 90.0 cm³/mol. The van der Waals surface area contributed by atoms with E-state index in [0.29, 0.717) is 30.3 Å². The lowest BCUT2D eigenvalue weighted by atomic mass is 10.1. The second kappa shape index (κ2) is 5.24. The van der Waals surface area contributed by atoms with Gasteiger partial charge in [0.05, 0.1) is 17.8 Å². The molecule has 0 saturated carbocycles. The number of fused-ring (bicyclic) bond motifs is 3. The van der Waals surface area contributed by atoms with Crippen LogP contribution in [0.4, 0.5) is 11.4 Å². The van der Waals surface area contributed by atoms with E-state index in [1.54, 1.807) is 24.3 Å². The van der Waals surface area contributed by atoms with Gasteiger partial charge in [0, 0.05) is 17.8 Å². The maximum absolute atomic E-state index is 12.5. The molecular weight excluding hydrogens is 290 g/mol. The van der Waals surface area contributed by atoms with Gasteiger partial charge < -0.3 is 5.73 Å². The van der Waals surface area contributed by atoms with Crippen LogP contribution in [-0.2, 0) is 0 Å². The van der Waals surface area contributed by atoms with Crippen molar-refractivity contribution in [1.29, 1.82) is 0 Å². The Hall–Kier alpha value is -3.15. The number of nitrogen functional groups attached to an aromatic ring is 1. The average molecular weight is 305 g/mol. The summed E-state index contributed by atoms with van der Waals surface area (Å²) in [6.45, 7) is 1.39. The number of para-hydroxylation sites is 2. The van der Waals surface area contributed by atoms with E-state index >= 15 is 0 Å². The zero-order chi connectivity index (χ0) is 15.8. The zero-order valence-electron chi connectivity index (χ0n) is 12.4. The molecule has 0 aromatic heterocycles. The number of benzene rings is 2. The van der Waals surface area contributed by atoms with Crippen LogP contribution in [0.1, 0.15) is 15.9 Å². The van der Waals surface area contributed by atoms with Crippen molar-refractivity contribution in [3.63, 3.8) is 0 Å². The second-order valence-corrected chi connectivity index (χ2v) is 5.35. The average Bonchev–Trinajstić information content (AvgIpc) is 3.05. The maximum atomic E-state index is 12.5. The molecule has 0 bridgehead atoms. The topological polar surface area (TPSA) is 83.1 Å². The number of aliphatic imine (C=N–C) groups is 2. The van der Waals surface area contributed by atoms with Crippen LogP contribution in [0.15, 0.2) is 58.5 Å². The number of guanidine groups is 1. The fourth-order valence-electron chi connectivity index (χ4n) is 2.79. The van der Waals surface area contributed by atoms with Crippen molar-refractivity contribution in [3.8, 4) is 0 Å². The summed E-state index contributed by atoms with van der Waals surface area (Å²) in [5.41, 5.74) is 8.54. The number of amidine groups is 1. The summed E-state index contributed by atoms with van der Waals surface area (Å²) in [5, 5.41) is 2.86. The highest BCUT2D eigenvalue weighted by atomic mass is 16.1. The molecule has 0 unspecified atom stereocenters. The lowest BCUT2D eigenvalue weighted by molar-refractivity contribution is 0.0975. The number of hydrogen-bond acceptors (Lipinski definition) is 5. The monoisotopic (exact) mass is 305 g/mol. The molecule has 2 heterocycles. The van der Waals surface area contributed by atoms with Gasteiger partial charge in [-0.15, -0.1) is 0 Å². The molecule has 0 radical (unpaired) electrons. The van der Waals surface area contributed by atoms with Crippen LogP contribution < -0.4 is 11.1 Å². The molecule has 2 aromatic rings. The van der Waals surface area contributed by atoms with Crippen LogP contribution in [0.5, 0.6) is 0 Å². The Labute approximate surface area is 133 Å². The fourth-order valence-corrected chi connectivity index (χ4v) is 2.79. The molecule has 3 N–H and O–H groups in total. The van der Waals surface area contributed by atoms with Gasteiger partial charge in [0.25, 0.3) is 5.91 Å². The number of nitrogens with two attached hydrogens (primary N) is 1. The number of hydrogen-bond donors (Lipinski definition) is 2. The molecule has 1 amide bonds. The Morgan fingerprint density at radius 2 is 1.91 bits per heavy atom. The van der Waals surface area contributed by atoms with Crippen molar-refractivity contribution in [1.82, 2.24) is 10.2 Å². The first-order valence-corrected chi connectivity index (χ1v) is 7.40. The molecule has 114 valence electrons. The summed E-state index contributed by atoms with van der Waals surface area (Å²) in [5.74, 6) is 1.08. The molecule has 0 atom stereocenters. The Bertz CT molecular complexity index is 856. The molecule has 0 aliphatic carbocycles. The first kappa shape index (κ1) is 13.5. The lowest BCUT2D eigenvalue weighted by Gasteiger charge is -2.27. The molecule has 6 heteroatoms. The second-order valence-electron chi connectivity index (χ2n) is 5.35. The van der Waals surface area contributed by atoms with Gasteiger partial charge in [-0.2, -0.15) is 0 Å². The zero-order valence-corrected chi connectivity index (χ0v) is 12.4. The summed E-state index contributed by atoms with van der Waals surface area (Å²) in [6.07, 6.45) is 0. The first-order chi connectivity index (χ1) is 11.2. The van der Waals surface area contributed by atoms with Gasteiger partial charge in [-0.05, 0) is 24.3 Å². The Kier molecular flexibility index (Phi) is 3.08. The quantitative estimate of drug-likeness (QED) is 0.788. The summed E-state index contributed by atoms with van der Waals surface area (Å²) in [6, 6.07) is 14.8. The van der Waals surface area contributed by atoms with Crippen LogP contribution in [-0.4, -0.2) is 35.7 Å². The third kappa shape index (κ3) is 2.24. The van der Waals surface area contributed by atoms with E-state index in [2.05, 4.69) is 15.3 Å². The minimum Gasteiger partial charge on any atom is -0.398 e. The number of anilines is 1. The van der Waals surface area contributed by atoms with Crippen molar-refractivity contribution in [2.24, 2.45) is 9.98 Å². The van der Waals surface area contributed by atoms with E-state index in [4.69, 9.17) is 5.73 Å². The van der Waals surface area contributed by atoms with E-state index in [9.17, 15) is 4.79 Å². The van der Waals surface area contributed by atoms with Gasteiger partial charge >= 0.3 is 0 Å². The van der Waals surface area contributed by atoms with Crippen LogP contribution in [0.2, 0.25) is 0 Å².